The van der Waals surface area contributed by atoms with Crippen molar-refractivity contribution >= 4 is 10.9 Å². The number of hydrogen-bond acceptors (Lipinski definition) is 2. The number of hydrogen-bond donors (Lipinski definition) is 1. The molecule has 3 nitrogen and oxygen atoms in total. The molecule has 0 saturated carbocycles. The fourth-order valence-electron chi connectivity index (χ4n) is 1.02. The van der Waals surface area contributed by atoms with Gasteiger partial charge in [0.1, 0.15) is 0 Å². The first kappa shape index (κ1) is 5.29. The number of nitrogens with zero attached hydrogens (tertiary/aromatic N) is 1. The van der Waals surface area contributed by atoms with Gasteiger partial charge in [0.15, 0.2) is 0 Å². The van der Waals surface area contributed by atoms with Gasteiger partial charge in [-0.3, -0.25) is 4.79 Å². The third-order valence-corrected chi connectivity index (χ3v) is 1.61. The average Bonchev–Trinajstić information content (AvgIpc) is 2.00. The monoisotopic (exact) mass is 134 g/mol. The third kappa shape index (κ3) is 0.466. The van der Waals surface area contributed by atoms with Gasteiger partial charge in [0.2, 0.25) is 0 Å². The number of pyridine rings is 2. The summed E-state index contributed by atoms with van der Waals surface area (Å²) in [4.78, 5) is 11.0. The molecule has 0 saturated heterocycles. The number of nitrogen functional groups attached to an aromatic ring is 1. The zero-order valence-electron chi connectivity index (χ0n) is 5.24. The molecule has 10 heavy (non-hydrogen) atoms. The SMILES string of the molecule is Nn1c(=O)c2ccc1cc2. The molecule has 0 aliphatic heterocycles. The van der Waals surface area contributed by atoms with E-state index in [-0.39, 0.29) is 5.56 Å². The highest BCUT2D eigenvalue weighted by molar-refractivity contribution is 5.63. The van der Waals surface area contributed by atoms with Crippen LogP contribution < -0.4 is 11.4 Å². The number of nitrogens with two attached hydrogens (primary N) is 1. The second-order valence-corrected chi connectivity index (χ2v) is 2.22. The van der Waals surface area contributed by atoms with Gasteiger partial charge in [0, 0.05) is 5.39 Å². The summed E-state index contributed by atoms with van der Waals surface area (Å²) in [5.74, 6) is 5.39. The van der Waals surface area contributed by atoms with Crippen LogP contribution in [0.25, 0.3) is 10.9 Å². The van der Waals surface area contributed by atoms with E-state index >= 15 is 0 Å². The molecule has 3 heteroatoms. The lowest BCUT2D eigenvalue weighted by atomic mass is 10.2. The van der Waals surface area contributed by atoms with Crippen molar-refractivity contribution in [3.05, 3.63) is 34.6 Å². The maximum Gasteiger partial charge on any atom is 0.276 e. The van der Waals surface area contributed by atoms with E-state index in [9.17, 15) is 4.79 Å². The molecule has 50 valence electrons. The molecule has 2 bridgehead atoms. The van der Waals surface area contributed by atoms with Gasteiger partial charge < -0.3 is 5.84 Å². The van der Waals surface area contributed by atoms with Crippen molar-refractivity contribution < 1.29 is 0 Å². The first-order valence-electron chi connectivity index (χ1n) is 2.98. The zero-order chi connectivity index (χ0) is 7.14. The van der Waals surface area contributed by atoms with E-state index in [0.717, 1.165) is 10.2 Å². The highest BCUT2D eigenvalue weighted by atomic mass is 16.1. The Bertz CT molecular complexity index is 384. The van der Waals surface area contributed by atoms with E-state index in [2.05, 4.69) is 0 Å². The Morgan fingerprint density at radius 1 is 1.20 bits per heavy atom. The molecule has 0 amide bonds. The fourth-order valence-corrected chi connectivity index (χ4v) is 1.02. The third-order valence-electron chi connectivity index (χ3n) is 1.61. The minimum absolute atomic E-state index is 0.125. The van der Waals surface area contributed by atoms with Crippen LogP contribution in [0.5, 0.6) is 0 Å². The largest absolute Gasteiger partial charge is 0.336 e. The zero-order valence-corrected chi connectivity index (χ0v) is 5.24. The van der Waals surface area contributed by atoms with Crippen molar-refractivity contribution in [1.82, 2.24) is 4.68 Å². The molecule has 0 unspecified atom stereocenters. The Morgan fingerprint density at radius 3 is 2.10 bits per heavy atom. The summed E-state index contributed by atoms with van der Waals surface area (Å²) >= 11 is 0. The topological polar surface area (TPSA) is 48.0 Å². The van der Waals surface area contributed by atoms with Crippen molar-refractivity contribution in [1.29, 1.82) is 0 Å². The van der Waals surface area contributed by atoms with Crippen molar-refractivity contribution in [2.24, 2.45) is 0 Å². The predicted molar refractivity (Wildman–Crippen MR) is 39.5 cm³/mol. The lowest BCUT2D eigenvalue weighted by Gasteiger charge is -2.02. The van der Waals surface area contributed by atoms with Crippen LogP contribution in [-0.4, -0.2) is 4.68 Å². The van der Waals surface area contributed by atoms with Gasteiger partial charge in [0.05, 0.1) is 5.52 Å². The van der Waals surface area contributed by atoms with E-state index in [4.69, 9.17) is 5.84 Å². The van der Waals surface area contributed by atoms with Crippen LogP contribution in [0.3, 0.4) is 0 Å². The highest BCUT2D eigenvalue weighted by Gasteiger charge is 1.99. The van der Waals surface area contributed by atoms with Crippen LogP contribution in [0.2, 0.25) is 0 Å². The summed E-state index contributed by atoms with van der Waals surface area (Å²) < 4.78 is 1.15. The molecule has 2 aromatic heterocycles. The van der Waals surface area contributed by atoms with Crippen LogP contribution in [0, 0.1) is 0 Å². The molecule has 0 spiro atoms. The second kappa shape index (κ2) is 1.50. The van der Waals surface area contributed by atoms with Crippen molar-refractivity contribution in [2.45, 2.75) is 0 Å². The number of aromatic nitrogens is 1. The first-order chi connectivity index (χ1) is 4.79. The molecule has 3 aromatic rings. The van der Waals surface area contributed by atoms with Crippen LogP contribution in [0.15, 0.2) is 29.1 Å². The van der Waals surface area contributed by atoms with Gasteiger partial charge in [-0.1, -0.05) is 0 Å². The van der Waals surface area contributed by atoms with Crippen molar-refractivity contribution in [2.75, 3.05) is 5.84 Å². The molecule has 2 heterocycles. The molecule has 0 aliphatic rings. The van der Waals surface area contributed by atoms with Gasteiger partial charge in [0.25, 0.3) is 5.56 Å². The van der Waals surface area contributed by atoms with E-state index in [0.29, 0.717) is 5.39 Å². The van der Waals surface area contributed by atoms with E-state index in [1.165, 1.54) is 0 Å². The minimum Gasteiger partial charge on any atom is -0.336 e. The molecule has 0 atom stereocenters. The van der Waals surface area contributed by atoms with Crippen molar-refractivity contribution in [3.63, 3.8) is 0 Å². The molecule has 2 N–H and O–H groups in total. The summed E-state index contributed by atoms with van der Waals surface area (Å²) in [7, 11) is 0. The molecule has 0 fully saturated rings. The lowest BCUT2D eigenvalue weighted by molar-refractivity contribution is 0.991. The van der Waals surface area contributed by atoms with Crippen molar-refractivity contribution in [3.8, 4) is 0 Å². The standard InChI is InChI=1S/C7H6N2O/c8-9-6-3-1-5(2-4-6)7(9)10/h1-4H,8H2. The Morgan fingerprint density at radius 2 is 1.80 bits per heavy atom. The molecular formula is C7H6N2O. The molecule has 0 aliphatic carbocycles. The van der Waals surface area contributed by atoms with Gasteiger partial charge in [-0.25, -0.2) is 4.68 Å². The second-order valence-electron chi connectivity index (χ2n) is 2.22. The summed E-state index contributed by atoms with van der Waals surface area (Å²) in [6, 6.07) is 7.16. The summed E-state index contributed by atoms with van der Waals surface area (Å²) in [5.41, 5.74) is 0.625. The number of fused-ring (bicyclic) bond motifs is 3. The van der Waals surface area contributed by atoms with Gasteiger partial charge in [-0.05, 0) is 24.3 Å². The van der Waals surface area contributed by atoms with Gasteiger partial charge in [-0.15, -0.1) is 0 Å². The number of rotatable bonds is 0. The summed E-state index contributed by atoms with van der Waals surface area (Å²) in [5, 5.41) is 0.650. The summed E-state index contributed by atoms with van der Waals surface area (Å²) in [6.07, 6.45) is 0. The van der Waals surface area contributed by atoms with Crippen LogP contribution >= 0.6 is 0 Å². The smallest absolute Gasteiger partial charge is 0.276 e. The van der Waals surface area contributed by atoms with E-state index < -0.39 is 0 Å². The van der Waals surface area contributed by atoms with E-state index in [1.807, 2.05) is 12.1 Å². The van der Waals surface area contributed by atoms with Crippen LogP contribution in [0.1, 0.15) is 0 Å². The van der Waals surface area contributed by atoms with Crippen LogP contribution in [0.4, 0.5) is 0 Å². The number of benzene rings is 1. The highest BCUT2D eigenvalue weighted by Crippen LogP contribution is 2.03. The maximum atomic E-state index is 11.0. The van der Waals surface area contributed by atoms with Gasteiger partial charge >= 0.3 is 0 Å². The first-order valence-corrected chi connectivity index (χ1v) is 2.98. The molecule has 0 radical (unpaired) electrons. The average molecular weight is 134 g/mol. The molecule has 3 rings (SSSR count). The van der Waals surface area contributed by atoms with E-state index in [1.54, 1.807) is 12.1 Å². The Balaban J connectivity index is 3.14. The van der Waals surface area contributed by atoms with Crippen LogP contribution in [-0.2, 0) is 0 Å². The normalized spacial score (nSPS) is 10.8. The minimum atomic E-state index is -0.125. The Hall–Kier alpha value is -1.51. The Labute approximate surface area is 57.0 Å². The lowest BCUT2D eigenvalue weighted by Crippen LogP contribution is -2.27. The predicted octanol–water partition coefficient (Wildman–Crippen LogP) is 0.153. The fraction of sp³-hybridized carbons (Fsp3) is 0. The van der Waals surface area contributed by atoms with Gasteiger partial charge in [-0.2, -0.15) is 0 Å². The summed E-state index contributed by atoms with van der Waals surface area (Å²) in [6.45, 7) is 0. The Kier molecular flexibility index (Phi) is 0.795. The maximum absolute atomic E-state index is 11.0. The molecule has 1 aromatic carbocycles. The quantitative estimate of drug-likeness (QED) is 0.521. The molecular weight excluding hydrogens is 128 g/mol.